The smallest absolute Gasteiger partial charge is 0.550 e. The van der Waals surface area contributed by atoms with Gasteiger partial charge in [0.05, 0.1) is 22.8 Å². The average molecular weight is 664 g/mol. The van der Waals surface area contributed by atoms with Crippen LogP contribution in [0.3, 0.4) is 0 Å². The molecule has 3 aromatic rings. The second kappa shape index (κ2) is 20.4. The zero-order chi connectivity index (χ0) is 30.2. The first-order chi connectivity index (χ1) is 18.7. The van der Waals surface area contributed by atoms with Crippen LogP contribution in [0.5, 0.6) is 0 Å². The molecule has 14 heteroatoms. The molecule has 2 aliphatic rings. The number of rotatable bonds is 0. The minimum absolute atomic E-state index is 0. The number of aliphatic carboxylic acids is 4. The van der Waals surface area contributed by atoms with Gasteiger partial charge in [0, 0.05) is 45.9 Å². The van der Waals surface area contributed by atoms with E-state index < -0.39 is 23.9 Å². The Labute approximate surface area is 261 Å². The maximum Gasteiger partial charge on any atom is 2.00 e. The zero-order valence-corrected chi connectivity index (χ0v) is 24.8. The summed E-state index contributed by atoms with van der Waals surface area (Å²) in [5, 5.41) is 35.6. The first-order valence-electron chi connectivity index (χ1n) is 11.5. The number of carbonyl (C=O) groups excluding carboxylic acids is 4. The van der Waals surface area contributed by atoms with Crippen LogP contribution in [0.1, 0.15) is 50.5 Å². The zero-order valence-electron chi connectivity index (χ0n) is 22.8. The summed E-state index contributed by atoms with van der Waals surface area (Å²) in [5.41, 5.74) is 7.86. The summed E-state index contributed by atoms with van der Waals surface area (Å²) in [4.78, 5) is 51.6. The topological polar surface area (TPSA) is 218 Å². The summed E-state index contributed by atoms with van der Waals surface area (Å²) in [6.07, 6.45) is 8.09. The van der Waals surface area contributed by atoms with E-state index in [9.17, 15) is 0 Å². The predicted octanol–water partition coefficient (Wildman–Crippen LogP) is -0.325. The van der Waals surface area contributed by atoms with Crippen LogP contribution in [0.15, 0.2) is 48.5 Å². The SMILES string of the molecule is C1=Cc2cc3ccc(cc4nc(cc5ccc(cc1n2)[nH]5)C=C4)[nH]3.CC(=O)[O-].CC(=O)[O-].CC(=O)[O-].CC(=O)[O-].[Co+2].[Co+2]. The second-order valence-corrected chi connectivity index (χ2v) is 7.87. The Morgan fingerprint density at radius 1 is 0.476 bits per heavy atom. The summed E-state index contributed by atoms with van der Waals surface area (Å²) < 4.78 is 0. The summed E-state index contributed by atoms with van der Waals surface area (Å²) in [6.45, 7) is 3.89. The fourth-order valence-corrected chi connectivity index (χ4v) is 2.94. The maximum absolute atomic E-state index is 8.89. The van der Waals surface area contributed by atoms with Crippen LogP contribution in [-0.4, -0.2) is 43.8 Å². The standard InChI is InChI=1S/C20H14N4.4C2H4O2.2Co/c1-2-14-10-16-5-6-18(23-16)12-20-8-7-19(24-20)11-17-4-3-15(22-17)9-13(1)21-14;4*1-2(3)4;;/h1-12,21,24H;4*1H3,(H,3,4);;/q;;;;;2*+2/p-4. The molecule has 0 saturated carbocycles. The van der Waals surface area contributed by atoms with E-state index in [1.807, 2.05) is 48.6 Å². The fourth-order valence-electron chi connectivity index (χ4n) is 2.94. The molecule has 0 aliphatic carbocycles. The first kappa shape index (κ1) is 39.6. The number of aromatic amines is 2. The third kappa shape index (κ3) is 18.7. The van der Waals surface area contributed by atoms with Crippen molar-refractivity contribution in [1.29, 1.82) is 0 Å². The van der Waals surface area contributed by atoms with Gasteiger partial charge in [0.15, 0.2) is 0 Å². The minimum Gasteiger partial charge on any atom is -0.550 e. The van der Waals surface area contributed by atoms with Gasteiger partial charge >= 0.3 is 33.6 Å². The van der Waals surface area contributed by atoms with Crippen molar-refractivity contribution < 1.29 is 73.2 Å². The number of aromatic nitrogens is 4. The van der Waals surface area contributed by atoms with Gasteiger partial charge in [0.1, 0.15) is 0 Å². The Morgan fingerprint density at radius 2 is 0.643 bits per heavy atom. The molecule has 2 radical (unpaired) electrons. The molecule has 12 nitrogen and oxygen atoms in total. The number of hydrogen-bond donors (Lipinski definition) is 2. The van der Waals surface area contributed by atoms with E-state index >= 15 is 0 Å². The monoisotopic (exact) mass is 664 g/mol. The van der Waals surface area contributed by atoms with Crippen molar-refractivity contribution in [1.82, 2.24) is 19.9 Å². The molecule has 0 spiro atoms. The van der Waals surface area contributed by atoms with Gasteiger partial charge in [-0.05, 0) is 101 Å². The molecule has 0 saturated heterocycles. The molecule has 0 fully saturated rings. The minimum atomic E-state index is -1.08. The van der Waals surface area contributed by atoms with Gasteiger partial charge in [-0.15, -0.1) is 0 Å². The van der Waals surface area contributed by atoms with Gasteiger partial charge in [0.2, 0.25) is 0 Å². The van der Waals surface area contributed by atoms with Crippen molar-refractivity contribution in [2.75, 3.05) is 0 Å². The van der Waals surface area contributed by atoms with Gasteiger partial charge in [-0.25, -0.2) is 9.97 Å². The number of nitrogens with one attached hydrogen (secondary N) is 2. The second-order valence-electron chi connectivity index (χ2n) is 7.87. The van der Waals surface area contributed by atoms with Crippen LogP contribution in [0.4, 0.5) is 0 Å². The molecule has 0 amide bonds. The van der Waals surface area contributed by atoms with Gasteiger partial charge in [-0.1, -0.05) is 0 Å². The predicted molar refractivity (Wildman–Crippen MR) is 142 cm³/mol. The fraction of sp³-hybridized carbons (Fsp3) is 0.143. The largest absolute Gasteiger partial charge is 2.00 e. The number of fused-ring (bicyclic) bond motifs is 8. The van der Waals surface area contributed by atoms with Crippen LogP contribution < -0.4 is 20.4 Å². The molecule has 0 atom stereocenters. The molecule has 42 heavy (non-hydrogen) atoms. The molecule has 2 N–H and O–H groups in total. The van der Waals surface area contributed by atoms with E-state index in [1.54, 1.807) is 0 Å². The molecule has 0 unspecified atom stereocenters. The Morgan fingerprint density at radius 3 is 0.810 bits per heavy atom. The van der Waals surface area contributed by atoms with Crippen molar-refractivity contribution in [2.24, 2.45) is 0 Å². The average Bonchev–Trinajstić information content (AvgIpc) is 3.58. The third-order valence-electron chi connectivity index (χ3n) is 4.04. The van der Waals surface area contributed by atoms with Crippen LogP contribution in [0.25, 0.3) is 46.4 Å². The first-order valence-corrected chi connectivity index (χ1v) is 11.5. The van der Waals surface area contributed by atoms with E-state index in [0.717, 1.165) is 72.5 Å². The molecular formula is C28H26Co2N4O8. The Bertz CT molecular complexity index is 1340. The van der Waals surface area contributed by atoms with Gasteiger partial charge in [-0.2, -0.15) is 0 Å². The van der Waals surface area contributed by atoms with Crippen LogP contribution in [0, 0.1) is 0 Å². The van der Waals surface area contributed by atoms with Crippen LogP contribution >= 0.6 is 0 Å². The number of H-pyrrole nitrogens is 2. The van der Waals surface area contributed by atoms with Gasteiger partial charge in [0.25, 0.3) is 0 Å². The van der Waals surface area contributed by atoms with Crippen molar-refractivity contribution in [2.45, 2.75) is 27.7 Å². The van der Waals surface area contributed by atoms with Crippen molar-refractivity contribution in [3.63, 3.8) is 0 Å². The Kier molecular flexibility index (Phi) is 19.2. The summed E-state index contributed by atoms with van der Waals surface area (Å²) in [5.74, 6) is -4.33. The summed E-state index contributed by atoms with van der Waals surface area (Å²) in [7, 11) is 0. The van der Waals surface area contributed by atoms with E-state index in [1.165, 1.54) is 0 Å². The normalized spacial score (nSPS) is 9.62. The summed E-state index contributed by atoms with van der Waals surface area (Å²) >= 11 is 0. The number of carbonyl (C=O) groups is 4. The van der Waals surface area contributed by atoms with Gasteiger partial charge < -0.3 is 49.6 Å². The number of carboxylic acids is 4. The number of hydrogen-bond acceptors (Lipinski definition) is 10. The Balaban J connectivity index is 0. The molecule has 224 valence electrons. The number of carboxylic acid groups (broad SMARTS) is 4. The van der Waals surface area contributed by atoms with Crippen LogP contribution in [0.2, 0.25) is 0 Å². The van der Waals surface area contributed by atoms with Gasteiger partial charge in [-0.3, -0.25) is 0 Å². The van der Waals surface area contributed by atoms with E-state index in [2.05, 4.69) is 44.2 Å². The van der Waals surface area contributed by atoms with E-state index in [0.29, 0.717) is 0 Å². The molecule has 0 aromatic carbocycles. The quantitative estimate of drug-likeness (QED) is 0.220. The molecule has 5 rings (SSSR count). The Hall–Kier alpha value is -4.51. The molecule has 8 bridgehead atoms. The summed E-state index contributed by atoms with van der Waals surface area (Å²) in [6, 6.07) is 16.4. The van der Waals surface area contributed by atoms with E-state index in [-0.39, 0.29) is 33.6 Å². The molecular weight excluding hydrogens is 638 g/mol. The molecule has 3 aromatic heterocycles. The van der Waals surface area contributed by atoms with Crippen LogP contribution in [-0.2, 0) is 52.7 Å². The number of nitrogens with zero attached hydrogens (tertiary/aromatic N) is 2. The molecule has 5 heterocycles. The molecule has 2 aliphatic heterocycles. The van der Waals surface area contributed by atoms with E-state index in [4.69, 9.17) is 39.6 Å². The van der Waals surface area contributed by atoms with Crippen molar-refractivity contribution >= 4 is 70.2 Å². The maximum atomic E-state index is 8.89. The van der Waals surface area contributed by atoms with Crippen molar-refractivity contribution in [3.05, 3.63) is 71.3 Å². The third-order valence-corrected chi connectivity index (χ3v) is 4.04. The van der Waals surface area contributed by atoms with Crippen molar-refractivity contribution in [3.8, 4) is 0 Å².